The largest absolute Gasteiger partial charge is 0.306 e. The lowest BCUT2D eigenvalue weighted by Gasteiger charge is -2.27. The van der Waals surface area contributed by atoms with E-state index in [1.165, 1.54) is 33.7 Å². The van der Waals surface area contributed by atoms with Crippen LogP contribution < -0.4 is 0 Å². The minimum Gasteiger partial charge on any atom is -0.306 e. The normalized spacial score (nSPS) is 21.8. The van der Waals surface area contributed by atoms with Crippen molar-refractivity contribution in [1.29, 1.82) is 0 Å². The Hall–Kier alpha value is -1.45. The number of rotatable bonds is 0. The fourth-order valence-electron chi connectivity index (χ4n) is 3.66. The molecule has 22 heavy (non-hydrogen) atoms. The summed E-state index contributed by atoms with van der Waals surface area (Å²) in [5.41, 5.74) is 5.29. The Balaban J connectivity index is 1.83. The third kappa shape index (κ3) is 2.33. The molecule has 2 heterocycles. The first-order valence-corrected chi connectivity index (χ1v) is 8.98. The Bertz CT molecular complexity index is 710. The predicted octanol–water partition coefficient (Wildman–Crippen LogP) is 4.63. The van der Waals surface area contributed by atoms with Gasteiger partial charge in [-0.25, -0.2) is 0 Å². The molecule has 1 aromatic heterocycles. The highest BCUT2D eigenvalue weighted by molar-refractivity contribution is 7.14. The van der Waals surface area contributed by atoms with Crippen LogP contribution in [-0.2, 0) is 0 Å². The first kappa shape index (κ1) is 14.2. The van der Waals surface area contributed by atoms with Gasteiger partial charge >= 0.3 is 0 Å². The smallest absolute Gasteiger partial charge is 0.165 e. The van der Waals surface area contributed by atoms with Gasteiger partial charge in [0.15, 0.2) is 5.78 Å². The standard InChI is InChI=1S/C19H21NOS/c1-20-11-9-13(10-12-20)14-5-4-6-15-18-16(21)7-2-3-8-17(18)22-19(14)15/h3-4,6,8H,2,5,7,9-12H2,1H3. The monoisotopic (exact) mass is 311 g/mol. The van der Waals surface area contributed by atoms with Gasteiger partial charge in [0.25, 0.3) is 0 Å². The molecule has 3 heteroatoms. The number of ketones is 1. The van der Waals surface area contributed by atoms with Crippen LogP contribution in [0.25, 0.3) is 17.7 Å². The summed E-state index contributed by atoms with van der Waals surface area (Å²) in [6.45, 7) is 2.31. The fourth-order valence-corrected chi connectivity index (χ4v) is 5.00. The molecular weight excluding hydrogens is 290 g/mol. The molecule has 4 rings (SSSR count). The number of fused-ring (bicyclic) bond motifs is 3. The zero-order chi connectivity index (χ0) is 15.1. The molecular formula is C19H21NOS. The number of hydrogen-bond acceptors (Lipinski definition) is 3. The number of nitrogens with zero attached hydrogens (tertiary/aromatic N) is 1. The van der Waals surface area contributed by atoms with E-state index in [-0.39, 0.29) is 0 Å². The number of likely N-dealkylation sites (tertiary alicyclic amines) is 1. The number of piperidine rings is 1. The molecule has 0 spiro atoms. The maximum atomic E-state index is 12.5. The first-order chi connectivity index (χ1) is 10.7. The van der Waals surface area contributed by atoms with Gasteiger partial charge in [-0.1, -0.05) is 23.8 Å². The number of thiophene rings is 1. The molecule has 1 aliphatic heterocycles. The molecule has 0 saturated carbocycles. The quantitative estimate of drug-likeness (QED) is 0.696. The zero-order valence-electron chi connectivity index (χ0n) is 13.0. The van der Waals surface area contributed by atoms with E-state index in [9.17, 15) is 4.79 Å². The summed E-state index contributed by atoms with van der Waals surface area (Å²) in [5, 5.41) is 0. The van der Waals surface area contributed by atoms with Gasteiger partial charge in [0.2, 0.25) is 0 Å². The summed E-state index contributed by atoms with van der Waals surface area (Å²) < 4.78 is 0. The van der Waals surface area contributed by atoms with E-state index < -0.39 is 0 Å². The van der Waals surface area contributed by atoms with E-state index in [4.69, 9.17) is 0 Å². The summed E-state index contributed by atoms with van der Waals surface area (Å²) in [6, 6.07) is 0. The molecule has 0 unspecified atom stereocenters. The molecule has 114 valence electrons. The summed E-state index contributed by atoms with van der Waals surface area (Å²) in [7, 11) is 2.20. The van der Waals surface area contributed by atoms with Crippen LogP contribution in [0.5, 0.6) is 0 Å². The average Bonchev–Trinajstić information content (AvgIpc) is 2.81. The van der Waals surface area contributed by atoms with Gasteiger partial charge in [-0.15, -0.1) is 11.3 Å². The number of carbonyl (C=O) groups excluding carboxylic acids is 1. The molecule has 2 aliphatic carbocycles. The van der Waals surface area contributed by atoms with Gasteiger partial charge < -0.3 is 4.90 Å². The first-order valence-electron chi connectivity index (χ1n) is 8.17. The Labute approximate surface area is 135 Å². The highest BCUT2D eigenvalue weighted by atomic mass is 32.1. The molecule has 0 bridgehead atoms. The van der Waals surface area contributed by atoms with E-state index in [1.54, 1.807) is 5.57 Å². The molecule has 0 atom stereocenters. The van der Waals surface area contributed by atoms with Crippen LogP contribution in [0.4, 0.5) is 0 Å². The second-order valence-corrected chi connectivity index (χ2v) is 7.49. The van der Waals surface area contributed by atoms with Gasteiger partial charge in [-0.3, -0.25) is 4.79 Å². The van der Waals surface area contributed by atoms with Crippen LogP contribution in [0.3, 0.4) is 0 Å². The minimum absolute atomic E-state index is 0.316. The van der Waals surface area contributed by atoms with Crippen molar-refractivity contribution in [2.45, 2.75) is 32.1 Å². The summed E-state index contributed by atoms with van der Waals surface area (Å²) >= 11 is 1.83. The second kappa shape index (κ2) is 5.64. The SMILES string of the molecule is CN1CCC(=C2CC=Cc3c2sc2c3C(=O)CCC=C2)CC1. The fraction of sp³-hybridized carbons (Fsp3) is 0.421. The Morgan fingerprint density at radius 3 is 2.73 bits per heavy atom. The van der Waals surface area contributed by atoms with E-state index in [1.807, 2.05) is 11.3 Å². The van der Waals surface area contributed by atoms with Crippen LogP contribution in [0, 0.1) is 0 Å². The van der Waals surface area contributed by atoms with Crippen LogP contribution in [-0.4, -0.2) is 30.8 Å². The molecule has 2 nitrogen and oxygen atoms in total. The third-order valence-electron chi connectivity index (χ3n) is 4.96. The predicted molar refractivity (Wildman–Crippen MR) is 94.2 cm³/mol. The van der Waals surface area contributed by atoms with Gasteiger partial charge in [0, 0.05) is 40.4 Å². The van der Waals surface area contributed by atoms with E-state index >= 15 is 0 Å². The second-order valence-electron chi connectivity index (χ2n) is 6.44. The Morgan fingerprint density at radius 1 is 1.09 bits per heavy atom. The number of Topliss-reactive ketones (excluding diaryl/α,β-unsaturated/α-hetero) is 1. The van der Waals surface area contributed by atoms with E-state index in [0.29, 0.717) is 12.2 Å². The van der Waals surface area contributed by atoms with Crippen LogP contribution in [0.15, 0.2) is 17.7 Å². The van der Waals surface area contributed by atoms with Crippen LogP contribution in [0.1, 0.15) is 57.8 Å². The molecule has 0 aromatic carbocycles. The van der Waals surface area contributed by atoms with Crippen molar-refractivity contribution in [3.05, 3.63) is 38.6 Å². The molecule has 1 fully saturated rings. The molecule has 0 N–H and O–H groups in total. The summed E-state index contributed by atoms with van der Waals surface area (Å²) in [5.74, 6) is 0.316. The highest BCUT2D eigenvalue weighted by Gasteiger charge is 2.27. The van der Waals surface area contributed by atoms with Crippen molar-refractivity contribution in [1.82, 2.24) is 4.90 Å². The van der Waals surface area contributed by atoms with Gasteiger partial charge in [0.05, 0.1) is 0 Å². The Morgan fingerprint density at radius 2 is 1.91 bits per heavy atom. The third-order valence-corrected chi connectivity index (χ3v) is 6.19. The van der Waals surface area contributed by atoms with Crippen molar-refractivity contribution in [3.8, 4) is 0 Å². The van der Waals surface area contributed by atoms with Gasteiger partial charge in [-0.2, -0.15) is 0 Å². The van der Waals surface area contributed by atoms with Crippen molar-refractivity contribution in [3.63, 3.8) is 0 Å². The lowest BCUT2D eigenvalue weighted by atomic mass is 9.88. The molecule has 1 aromatic rings. The van der Waals surface area contributed by atoms with E-state index in [2.05, 4.69) is 36.3 Å². The van der Waals surface area contributed by atoms with Crippen LogP contribution >= 0.6 is 11.3 Å². The lowest BCUT2D eigenvalue weighted by Crippen LogP contribution is -2.26. The van der Waals surface area contributed by atoms with Crippen molar-refractivity contribution >= 4 is 34.8 Å². The minimum atomic E-state index is 0.316. The average molecular weight is 311 g/mol. The Kier molecular flexibility index (Phi) is 3.63. The van der Waals surface area contributed by atoms with Crippen molar-refractivity contribution in [2.24, 2.45) is 0 Å². The molecule has 0 radical (unpaired) electrons. The summed E-state index contributed by atoms with van der Waals surface area (Å²) in [4.78, 5) is 17.4. The maximum absolute atomic E-state index is 12.5. The number of allylic oxidation sites excluding steroid dienone is 3. The lowest BCUT2D eigenvalue weighted by molar-refractivity contribution is 0.0984. The number of carbonyl (C=O) groups is 1. The van der Waals surface area contributed by atoms with Gasteiger partial charge in [-0.05, 0) is 44.4 Å². The van der Waals surface area contributed by atoms with Crippen LogP contribution in [0.2, 0.25) is 0 Å². The highest BCUT2D eigenvalue weighted by Crippen LogP contribution is 2.43. The molecule has 1 saturated heterocycles. The summed E-state index contributed by atoms with van der Waals surface area (Å²) in [6.07, 6.45) is 13.6. The molecule has 0 amide bonds. The molecule has 3 aliphatic rings. The number of hydrogen-bond donors (Lipinski definition) is 0. The van der Waals surface area contributed by atoms with Crippen molar-refractivity contribution in [2.75, 3.05) is 20.1 Å². The van der Waals surface area contributed by atoms with E-state index in [0.717, 1.165) is 31.5 Å². The van der Waals surface area contributed by atoms with Crippen molar-refractivity contribution < 1.29 is 4.79 Å². The van der Waals surface area contributed by atoms with Gasteiger partial charge in [0.1, 0.15) is 0 Å². The maximum Gasteiger partial charge on any atom is 0.165 e. The zero-order valence-corrected chi connectivity index (χ0v) is 13.8. The topological polar surface area (TPSA) is 20.3 Å².